The Hall–Kier alpha value is -1.05. The molecule has 0 fully saturated rings. The average molecular weight is 309 g/mol. The van der Waals surface area contributed by atoms with Gasteiger partial charge < -0.3 is 4.74 Å². The summed E-state index contributed by atoms with van der Waals surface area (Å²) >= 11 is 0. The predicted molar refractivity (Wildman–Crippen MR) is 96.0 cm³/mol. The van der Waals surface area contributed by atoms with Crippen LogP contribution in [0.3, 0.4) is 0 Å². The standard InChI is InChI=1S/C20H36O2/c1-3-4-5-6-7-8-9-10-11-12-13-14-15-16-17-18-19-20(21)22-2/h3,13-14H,1,4-12,15-19H2,2H3. The molecule has 0 bridgehead atoms. The molecule has 0 saturated carbocycles. The molecule has 22 heavy (non-hydrogen) atoms. The molecule has 0 rings (SSSR count). The van der Waals surface area contributed by atoms with Gasteiger partial charge in [-0.05, 0) is 44.9 Å². The fourth-order valence-electron chi connectivity index (χ4n) is 2.48. The molecule has 0 aliphatic rings. The van der Waals surface area contributed by atoms with Crippen molar-refractivity contribution in [2.24, 2.45) is 0 Å². The summed E-state index contributed by atoms with van der Waals surface area (Å²) in [7, 11) is 1.45. The number of carbonyl (C=O) groups is 1. The third-order valence-electron chi connectivity index (χ3n) is 3.93. The lowest BCUT2D eigenvalue weighted by atomic mass is 10.1. The van der Waals surface area contributed by atoms with E-state index in [1.54, 1.807) is 0 Å². The van der Waals surface area contributed by atoms with Crippen molar-refractivity contribution >= 4 is 5.97 Å². The Labute approximate surface area is 138 Å². The van der Waals surface area contributed by atoms with Crippen LogP contribution in [0.15, 0.2) is 24.8 Å². The number of hydrogen-bond donors (Lipinski definition) is 0. The summed E-state index contributed by atoms with van der Waals surface area (Å²) in [6.07, 6.45) is 23.5. The zero-order valence-corrected chi connectivity index (χ0v) is 14.7. The third-order valence-corrected chi connectivity index (χ3v) is 3.93. The fraction of sp³-hybridized carbons (Fsp3) is 0.750. The monoisotopic (exact) mass is 308 g/mol. The van der Waals surface area contributed by atoms with Gasteiger partial charge in [-0.3, -0.25) is 4.79 Å². The Morgan fingerprint density at radius 3 is 1.73 bits per heavy atom. The normalized spacial score (nSPS) is 11.0. The smallest absolute Gasteiger partial charge is 0.305 e. The molecule has 0 radical (unpaired) electrons. The van der Waals surface area contributed by atoms with Gasteiger partial charge in [-0.15, -0.1) is 6.58 Å². The lowest BCUT2D eigenvalue weighted by Crippen LogP contribution is -1.98. The van der Waals surface area contributed by atoms with Gasteiger partial charge in [0.2, 0.25) is 0 Å². The zero-order chi connectivity index (χ0) is 16.3. The van der Waals surface area contributed by atoms with Crippen LogP contribution in [0.25, 0.3) is 0 Å². The minimum absolute atomic E-state index is 0.0868. The lowest BCUT2D eigenvalue weighted by molar-refractivity contribution is -0.140. The van der Waals surface area contributed by atoms with Crippen molar-refractivity contribution < 1.29 is 9.53 Å². The van der Waals surface area contributed by atoms with Crippen molar-refractivity contribution in [2.45, 2.75) is 89.9 Å². The van der Waals surface area contributed by atoms with Crippen LogP contribution < -0.4 is 0 Å². The van der Waals surface area contributed by atoms with Gasteiger partial charge in [0, 0.05) is 6.42 Å². The van der Waals surface area contributed by atoms with Crippen LogP contribution in [-0.4, -0.2) is 13.1 Å². The van der Waals surface area contributed by atoms with E-state index in [-0.39, 0.29) is 5.97 Å². The second-order valence-electron chi connectivity index (χ2n) is 5.99. The first-order chi connectivity index (χ1) is 10.8. The summed E-state index contributed by atoms with van der Waals surface area (Å²) in [6, 6.07) is 0. The molecule has 0 heterocycles. The Morgan fingerprint density at radius 1 is 0.773 bits per heavy atom. The van der Waals surface area contributed by atoms with Crippen molar-refractivity contribution in [1.82, 2.24) is 0 Å². The highest BCUT2D eigenvalue weighted by molar-refractivity contribution is 5.68. The summed E-state index contributed by atoms with van der Waals surface area (Å²) < 4.78 is 4.62. The number of allylic oxidation sites excluding steroid dienone is 3. The molecule has 0 N–H and O–H groups in total. The Balaban J connectivity index is 3.11. The van der Waals surface area contributed by atoms with E-state index in [4.69, 9.17) is 0 Å². The van der Waals surface area contributed by atoms with Gasteiger partial charge in [0.25, 0.3) is 0 Å². The molecular weight excluding hydrogens is 272 g/mol. The molecule has 2 heteroatoms. The van der Waals surface area contributed by atoms with Crippen molar-refractivity contribution in [1.29, 1.82) is 0 Å². The minimum atomic E-state index is -0.0868. The maximum Gasteiger partial charge on any atom is 0.305 e. The zero-order valence-electron chi connectivity index (χ0n) is 14.7. The van der Waals surface area contributed by atoms with E-state index < -0.39 is 0 Å². The molecule has 0 atom stereocenters. The van der Waals surface area contributed by atoms with Crippen LogP contribution in [-0.2, 0) is 9.53 Å². The molecule has 0 unspecified atom stereocenters. The van der Waals surface area contributed by atoms with Crippen molar-refractivity contribution in [3.8, 4) is 0 Å². The number of unbranched alkanes of at least 4 members (excludes halogenated alkanes) is 11. The lowest BCUT2D eigenvalue weighted by Gasteiger charge is -2.00. The topological polar surface area (TPSA) is 26.3 Å². The highest BCUT2D eigenvalue weighted by Gasteiger charge is 1.98. The highest BCUT2D eigenvalue weighted by Crippen LogP contribution is 2.10. The largest absolute Gasteiger partial charge is 0.469 e. The minimum Gasteiger partial charge on any atom is -0.469 e. The highest BCUT2D eigenvalue weighted by atomic mass is 16.5. The van der Waals surface area contributed by atoms with Crippen LogP contribution >= 0.6 is 0 Å². The number of methoxy groups -OCH3 is 1. The average Bonchev–Trinajstić information content (AvgIpc) is 2.54. The first-order valence-electron chi connectivity index (χ1n) is 9.14. The van der Waals surface area contributed by atoms with E-state index in [0.29, 0.717) is 6.42 Å². The molecular formula is C20H36O2. The summed E-state index contributed by atoms with van der Waals surface area (Å²) in [5, 5.41) is 0. The molecule has 0 aromatic rings. The van der Waals surface area contributed by atoms with Crippen LogP contribution in [0.2, 0.25) is 0 Å². The van der Waals surface area contributed by atoms with Gasteiger partial charge in [0.05, 0.1) is 7.11 Å². The summed E-state index contributed by atoms with van der Waals surface area (Å²) in [5.74, 6) is -0.0868. The van der Waals surface area contributed by atoms with Gasteiger partial charge >= 0.3 is 5.97 Å². The number of esters is 1. The Bertz CT molecular complexity index is 281. The molecule has 0 aromatic carbocycles. The maximum atomic E-state index is 10.9. The fourth-order valence-corrected chi connectivity index (χ4v) is 2.48. The molecule has 0 aromatic heterocycles. The van der Waals surface area contributed by atoms with E-state index in [9.17, 15) is 4.79 Å². The van der Waals surface area contributed by atoms with Crippen LogP contribution in [0.4, 0.5) is 0 Å². The van der Waals surface area contributed by atoms with Gasteiger partial charge in [0.15, 0.2) is 0 Å². The van der Waals surface area contributed by atoms with Gasteiger partial charge in [-0.2, -0.15) is 0 Å². The van der Waals surface area contributed by atoms with E-state index in [2.05, 4.69) is 23.5 Å². The van der Waals surface area contributed by atoms with Crippen molar-refractivity contribution in [3.05, 3.63) is 24.8 Å². The van der Waals surface area contributed by atoms with E-state index in [1.807, 2.05) is 6.08 Å². The van der Waals surface area contributed by atoms with Crippen LogP contribution in [0, 0.1) is 0 Å². The molecule has 0 spiro atoms. The first kappa shape index (κ1) is 20.9. The van der Waals surface area contributed by atoms with Gasteiger partial charge in [-0.1, -0.05) is 56.8 Å². The number of hydrogen-bond acceptors (Lipinski definition) is 2. The molecule has 2 nitrogen and oxygen atoms in total. The summed E-state index contributed by atoms with van der Waals surface area (Å²) in [5.41, 5.74) is 0. The van der Waals surface area contributed by atoms with Gasteiger partial charge in [-0.25, -0.2) is 0 Å². The number of rotatable bonds is 16. The molecule has 128 valence electrons. The predicted octanol–water partition coefficient (Wildman–Crippen LogP) is 6.36. The summed E-state index contributed by atoms with van der Waals surface area (Å²) in [4.78, 5) is 10.9. The van der Waals surface area contributed by atoms with E-state index >= 15 is 0 Å². The SMILES string of the molecule is C=CCCCCCCCCCC=CCCCCCC(=O)OC. The number of carbonyl (C=O) groups excluding carboxylic acids is 1. The Kier molecular flexibility index (Phi) is 17.1. The molecule has 0 aliphatic carbocycles. The van der Waals surface area contributed by atoms with Crippen molar-refractivity contribution in [2.75, 3.05) is 7.11 Å². The second-order valence-corrected chi connectivity index (χ2v) is 5.99. The van der Waals surface area contributed by atoms with E-state index in [1.165, 1.54) is 71.3 Å². The first-order valence-corrected chi connectivity index (χ1v) is 9.14. The quantitative estimate of drug-likeness (QED) is 0.188. The van der Waals surface area contributed by atoms with Gasteiger partial charge in [0.1, 0.15) is 0 Å². The van der Waals surface area contributed by atoms with Crippen LogP contribution in [0.1, 0.15) is 89.9 Å². The second kappa shape index (κ2) is 18.0. The van der Waals surface area contributed by atoms with Crippen LogP contribution in [0.5, 0.6) is 0 Å². The molecule has 0 saturated heterocycles. The number of ether oxygens (including phenoxy) is 1. The summed E-state index contributed by atoms with van der Waals surface area (Å²) in [6.45, 7) is 3.75. The van der Waals surface area contributed by atoms with E-state index in [0.717, 1.165) is 19.3 Å². The third kappa shape index (κ3) is 17.0. The molecule has 0 amide bonds. The molecule has 0 aliphatic heterocycles. The Morgan fingerprint density at radius 2 is 1.23 bits per heavy atom. The van der Waals surface area contributed by atoms with Crippen molar-refractivity contribution in [3.63, 3.8) is 0 Å². The maximum absolute atomic E-state index is 10.9.